The molecule has 158 valence electrons. The summed E-state index contributed by atoms with van der Waals surface area (Å²) in [4.78, 5) is 17.2. The largest absolute Gasteiger partial charge is 0.496 e. The maximum atomic E-state index is 12.6. The lowest BCUT2D eigenvalue weighted by Crippen LogP contribution is -2.29. The van der Waals surface area contributed by atoms with Crippen LogP contribution in [-0.4, -0.2) is 45.0 Å². The second-order valence-corrected chi connectivity index (χ2v) is 6.61. The number of methoxy groups -OCH3 is 2. The number of nitrogens with one attached hydrogen (secondary N) is 2. The molecule has 2 aromatic carbocycles. The molecule has 0 fully saturated rings. The van der Waals surface area contributed by atoms with Gasteiger partial charge in [-0.3, -0.25) is 4.79 Å². The van der Waals surface area contributed by atoms with Gasteiger partial charge >= 0.3 is 0 Å². The van der Waals surface area contributed by atoms with Crippen LogP contribution in [-0.2, 0) is 0 Å². The molecule has 0 radical (unpaired) electrons. The van der Waals surface area contributed by atoms with Gasteiger partial charge in [0, 0.05) is 24.5 Å². The van der Waals surface area contributed by atoms with Gasteiger partial charge in [-0.1, -0.05) is 6.07 Å². The summed E-state index contributed by atoms with van der Waals surface area (Å²) in [6, 6.07) is 12.6. The van der Waals surface area contributed by atoms with E-state index < -0.39 is 0 Å². The first-order valence-corrected chi connectivity index (χ1v) is 9.52. The summed E-state index contributed by atoms with van der Waals surface area (Å²) in [5, 5.41) is 16.2. The molecule has 0 atom stereocenters. The Labute approximate surface area is 178 Å². The minimum Gasteiger partial charge on any atom is -0.496 e. The smallest absolute Gasteiger partial charge is 0.258 e. The molecule has 2 N–H and O–H groups in total. The van der Waals surface area contributed by atoms with E-state index in [-0.39, 0.29) is 12.7 Å². The van der Waals surface area contributed by atoms with Gasteiger partial charge in [0.1, 0.15) is 28.9 Å². The number of aromatic nitrogens is 1. The van der Waals surface area contributed by atoms with Crippen LogP contribution in [0.3, 0.4) is 0 Å². The number of pyridine rings is 1. The third-order valence-corrected chi connectivity index (χ3v) is 4.79. The zero-order valence-corrected chi connectivity index (χ0v) is 17.0. The van der Waals surface area contributed by atoms with Crippen LogP contribution >= 0.6 is 0 Å². The summed E-state index contributed by atoms with van der Waals surface area (Å²) in [5.74, 6) is 2.20. The Morgan fingerprint density at radius 2 is 1.84 bits per heavy atom. The monoisotopic (exact) mass is 420 g/mol. The number of ether oxygens (including phenoxy) is 4. The molecular weight excluding hydrogens is 400 g/mol. The molecule has 9 nitrogen and oxygen atoms in total. The fourth-order valence-corrected chi connectivity index (χ4v) is 3.30. The van der Waals surface area contributed by atoms with Crippen molar-refractivity contribution >= 4 is 22.6 Å². The molecule has 0 saturated carbocycles. The molecule has 0 spiro atoms. The van der Waals surface area contributed by atoms with E-state index in [0.29, 0.717) is 58.5 Å². The lowest BCUT2D eigenvalue weighted by molar-refractivity contribution is 0.0949. The van der Waals surface area contributed by atoms with Crippen molar-refractivity contribution in [2.24, 2.45) is 0 Å². The number of amides is 1. The van der Waals surface area contributed by atoms with Crippen LogP contribution in [0.2, 0.25) is 0 Å². The van der Waals surface area contributed by atoms with Crippen LogP contribution in [0.25, 0.3) is 10.9 Å². The highest BCUT2D eigenvalue weighted by Gasteiger charge is 2.18. The lowest BCUT2D eigenvalue weighted by atomic mass is 10.1. The molecule has 3 aromatic rings. The number of carbonyl (C=O) groups is 1. The third kappa shape index (κ3) is 3.96. The first kappa shape index (κ1) is 20.1. The third-order valence-electron chi connectivity index (χ3n) is 4.79. The van der Waals surface area contributed by atoms with Crippen molar-refractivity contribution in [1.29, 1.82) is 5.26 Å². The number of fused-ring (bicyclic) bond motifs is 2. The minimum absolute atomic E-state index is 0.165. The molecule has 0 aliphatic carbocycles. The Balaban J connectivity index is 1.45. The van der Waals surface area contributed by atoms with E-state index in [1.54, 1.807) is 36.4 Å². The molecule has 31 heavy (non-hydrogen) atoms. The molecule has 4 rings (SSSR count). The number of anilines is 1. The first-order valence-electron chi connectivity index (χ1n) is 9.52. The van der Waals surface area contributed by atoms with Gasteiger partial charge in [0.15, 0.2) is 11.5 Å². The Bertz CT molecular complexity index is 1170. The molecular formula is C22H20N4O5. The minimum atomic E-state index is -0.323. The summed E-state index contributed by atoms with van der Waals surface area (Å²) in [5.41, 5.74) is 1.39. The van der Waals surface area contributed by atoms with Crippen LogP contribution < -0.4 is 29.6 Å². The van der Waals surface area contributed by atoms with E-state index in [1.165, 1.54) is 14.2 Å². The fourth-order valence-electron chi connectivity index (χ4n) is 3.30. The highest BCUT2D eigenvalue weighted by atomic mass is 16.7. The Morgan fingerprint density at radius 1 is 1.13 bits per heavy atom. The Kier molecular flexibility index (Phi) is 5.62. The van der Waals surface area contributed by atoms with Crippen molar-refractivity contribution in [3.63, 3.8) is 0 Å². The predicted octanol–water partition coefficient (Wildman–Crippen LogP) is 2.69. The highest BCUT2D eigenvalue weighted by Crippen LogP contribution is 2.36. The maximum absolute atomic E-state index is 12.6. The van der Waals surface area contributed by atoms with E-state index >= 15 is 0 Å². The lowest BCUT2D eigenvalue weighted by Gasteiger charge is -2.13. The number of rotatable bonds is 7. The van der Waals surface area contributed by atoms with Crippen molar-refractivity contribution < 1.29 is 23.7 Å². The molecule has 0 bridgehead atoms. The quantitative estimate of drug-likeness (QED) is 0.561. The van der Waals surface area contributed by atoms with Crippen LogP contribution in [0.4, 0.5) is 5.82 Å². The second-order valence-electron chi connectivity index (χ2n) is 6.61. The zero-order chi connectivity index (χ0) is 21.8. The van der Waals surface area contributed by atoms with Crippen molar-refractivity contribution in [3.05, 3.63) is 47.5 Å². The molecule has 9 heteroatoms. The molecule has 0 saturated heterocycles. The molecule has 2 heterocycles. The van der Waals surface area contributed by atoms with Crippen molar-refractivity contribution in [3.8, 4) is 29.1 Å². The van der Waals surface area contributed by atoms with Gasteiger partial charge in [0.05, 0.1) is 25.3 Å². The number of carbonyl (C=O) groups excluding carboxylic acids is 1. The molecule has 1 aliphatic heterocycles. The van der Waals surface area contributed by atoms with Gasteiger partial charge in [-0.2, -0.15) is 5.26 Å². The molecule has 1 aromatic heterocycles. The van der Waals surface area contributed by atoms with Crippen molar-refractivity contribution in [2.45, 2.75) is 0 Å². The van der Waals surface area contributed by atoms with Gasteiger partial charge in [0.25, 0.3) is 5.91 Å². The number of nitriles is 1. The van der Waals surface area contributed by atoms with E-state index in [1.807, 2.05) is 0 Å². The van der Waals surface area contributed by atoms with E-state index in [4.69, 9.17) is 18.9 Å². The van der Waals surface area contributed by atoms with Crippen LogP contribution in [0.1, 0.15) is 15.9 Å². The predicted molar refractivity (Wildman–Crippen MR) is 113 cm³/mol. The normalized spacial score (nSPS) is 11.6. The summed E-state index contributed by atoms with van der Waals surface area (Å²) in [6.07, 6.45) is 0. The highest BCUT2D eigenvalue weighted by molar-refractivity contribution is 5.99. The van der Waals surface area contributed by atoms with Gasteiger partial charge < -0.3 is 29.6 Å². The van der Waals surface area contributed by atoms with E-state index in [9.17, 15) is 10.1 Å². The summed E-state index contributed by atoms with van der Waals surface area (Å²) >= 11 is 0. The fraction of sp³-hybridized carbons (Fsp3) is 0.227. The summed E-state index contributed by atoms with van der Waals surface area (Å²) in [7, 11) is 2.99. The average Bonchev–Trinajstić information content (AvgIpc) is 3.26. The maximum Gasteiger partial charge on any atom is 0.258 e. The van der Waals surface area contributed by atoms with Crippen LogP contribution in [0, 0.1) is 11.3 Å². The van der Waals surface area contributed by atoms with Gasteiger partial charge in [-0.25, -0.2) is 4.98 Å². The Morgan fingerprint density at radius 3 is 2.52 bits per heavy atom. The number of nitrogens with zero attached hydrogens (tertiary/aromatic N) is 2. The van der Waals surface area contributed by atoms with Crippen molar-refractivity contribution in [2.75, 3.05) is 39.4 Å². The summed E-state index contributed by atoms with van der Waals surface area (Å²) < 4.78 is 21.3. The number of hydrogen-bond donors (Lipinski definition) is 2. The van der Waals surface area contributed by atoms with Gasteiger partial charge in [-0.05, 0) is 24.3 Å². The first-order chi connectivity index (χ1) is 15.1. The van der Waals surface area contributed by atoms with Gasteiger partial charge in [-0.15, -0.1) is 0 Å². The summed E-state index contributed by atoms with van der Waals surface area (Å²) in [6.45, 7) is 0.825. The molecule has 1 amide bonds. The number of benzene rings is 2. The SMILES string of the molecule is COc1cccc(OC)c1C(=O)NCCNc1nc2cc3c(cc2cc1C#N)OCO3. The molecule has 1 aliphatic rings. The van der Waals surface area contributed by atoms with E-state index in [2.05, 4.69) is 21.7 Å². The Hall–Kier alpha value is -4.19. The topological polar surface area (TPSA) is 115 Å². The zero-order valence-electron chi connectivity index (χ0n) is 17.0. The van der Waals surface area contributed by atoms with Crippen molar-refractivity contribution in [1.82, 2.24) is 10.3 Å². The molecule has 0 unspecified atom stereocenters. The second kappa shape index (κ2) is 8.67. The number of hydrogen-bond acceptors (Lipinski definition) is 8. The van der Waals surface area contributed by atoms with Gasteiger partial charge in [0.2, 0.25) is 6.79 Å². The van der Waals surface area contributed by atoms with Crippen LogP contribution in [0.5, 0.6) is 23.0 Å². The van der Waals surface area contributed by atoms with E-state index in [0.717, 1.165) is 5.39 Å². The average molecular weight is 420 g/mol. The standard InChI is InChI=1S/C22H20N4O5/c1-28-16-4-3-5-17(29-2)20(16)22(27)25-7-6-24-21-14(11-23)8-13-9-18-19(31-12-30-18)10-15(13)26-21/h3-5,8-10H,6-7,12H2,1-2H3,(H,24,26)(H,25,27). The van der Waals surface area contributed by atoms with Crippen LogP contribution in [0.15, 0.2) is 36.4 Å².